The van der Waals surface area contributed by atoms with Gasteiger partial charge in [-0.15, -0.1) is 0 Å². The Morgan fingerprint density at radius 2 is 1.70 bits per heavy atom. The summed E-state index contributed by atoms with van der Waals surface area (Å²) in [4.78, 5) is 28.3. The molecule has 0 saturated carbocycles. The minimum atomic E-state index is -0.273. The highest BCUT2D eigenvalue weighted by Gasteiger charge is 2.12. The maximum Gasteiger partial charge on any atom is 0.279 e. The number of aryl methyl sites for hydroxylation is 1. The number of hydrogen-bond acceptors (Lipinski definition) is 6. The molecule has 0 aliphatic rings. The van der Waals surface area contributed by atoms with E-state index >= 15 is 0 Å². The molecule has 3 rings (SSSR count). The SMILES string of the molecule is CCCCc1nc2nc3cc(OC)c(OC)cc3nc2c(=O)[nH]1. The topological polar surface area (TPSA) is 90.0 Å². The lowest BCUT2D eigenvalue weighted by Gasteiger charge is -2.09. The number of ether oxygens (including phenoxy) is 2. The number of hydrogen-bond donors (Lipinski definition) is 1. The molecular formula is C16H18N4O3. The Morgan fingerprint density at radius 1 is 1.04 bits per heavy atom. The van der Waals surface area contributed by atoms with E-state index in [1.165, 1.54) is 0 Å². The van der Waals surface area contributed by atoms with E-state index < -0.39 is 0 Å². The summed E-state index contributed by atoms with van der Waals surface area (Å²) in [5.74, 6) is 1.74. The number of nitrogens with zero attached hydrogens (tertiary/aromatic N) is 3. The number of fused-ring (bicyclic) bond motifs is 2. The molecule has 0 radical (unpaired) electrons. The highest BCUT2D eigenvalue weighted by atomic mass is 16.5. The third kappa shape index (κ3) is 2.81. The lowest BCUT2D eigenvalue weighted by atomic mass is 10.2. The van der Waals surface area contributed by atoms with Gasteiger partial charge in [0.05, 0.1) is 25.3 Å². The van der Waals surface area contributed by atoms with E-state index in [2.05, 4.69) is 26.9 Å². The fourth-order valence-electron chi connectivity index (χ4n) is 2.41. The highest BCUT2D eigenvalue weighted by Crippen LogP contribution is 2.30. The van der Waals surface area contributed by atoms with Crippen LogP contribution in [0.5, 0.6) is 11.5 Å². The summed E-state index contributed by atoms with van der Waals surface area (Å²) in [6.45, 7) is 2.09. The van der Waals surface area contributed by atoms with Crippen molar-refractivity contribution >= 4 is 22.2 Å². The van der Waals surface area contributed by atoms with Gasteiger partial charge < -0.3 is 14.5 Å². The number of aromatic amines is 1. The van der Waals surface area contributed by atoms with E-state index in [1.807, 2.05) is 0 Å². The molecule has 0 spiro atoms. The fourth-order valence-corrected chi connectivity index (χ4v) is 2.41. The Bertz CT molecular complexity index is 920. The van der Waals surface area contributed by atoms with Gasteiger partial charge in [0.15, 0.2) is 22.7 Å². The van der Waals surface area contributed by atoms with Gasteiger partial charge in [0.2, 0.25) is 0 Å². The first kappa shape index (κ1) is 15.2. The minimum Gasteiger partial charge on any atom is -0.493 e. The number of aromatic nitrogens is 4. The molecule has 7 nitrogen and oxygen atoms in total. The zero-order chi connectivity index (χ0) is 16.4. The first-order valence-electron chi connectivity index (χ1n) is 7.49. The van der Waals surface area contributed by atoms with Crippen molar-refractivity contribution in [3.05, 3.63) is 28.3 Å². The number of unbranched alkanes of at least 4 members (excludes halogenated alkanes) is 1. The summed E-state index contributed by atoms with van der Waals surface area (Å²) in [6, 6.07) is 3.43. The standard InChI is InChI=1S/C16H18N4O3/c1-4-5-6-13-19-15-14(16(21)20-13)17-9-7-11(22-2)12(23-3)8-10(9)18-15/h7-8H,4-6H2,1-3H3,(H,18,19,20,21). The van der Waals surface area contributed by atoms with Gasteiger partial charge in [-0.1, -0.05) is 13.3 Å². The van der Waals surface area contributed by atoms with Crippen LogP contribution in [-0.4, -0.2) is 34.2 Å². The second-order valence-electron chi connectivity index (χ2n) is 5.21. The Labute approximate surface area is 132 Å². The second-order valence-corrected chi connectivity index (χ2v) is 5.21. The lowest BCUT2D eigenvalue weighted by molar-refractivity contribution is 0.355. The summed E-state index contributed by atoms with van der Waals surface area (Å²) >= 11 is 0. The Kier molecular flexibility index (Phi) is 4.10. The van der Waals surface area contributed by atoms with Crippen molar-refractivity contribution in [2.24, 2.45) is 0 Å². The third-order valence-electron chi connectivity index (χ3n) is 3.63. The molecule has 2 heterocycles. The van der Waals surface area contributed by atoms with E-state index in [1.54, 1.807) is 26.4 Å². The van der Waals surface area contributed by atoms with Crippen LogP contribution in [0.1, 0.15) is 25.6 Å². The summed E-state index contributed by atoms with van der Waals surface area (Å²) in [5.41, 5.74) is 1.47. The van der Waals surface area contributed by atoms with Gasteiger partial charge in [-0.05, 0) is 6.42 Å². The van der Waals surface area contributed by atoms with E-state index in [-0.39, 0.29) is 11.1 Å². The number of benzene rings is 1. The van der Waals surface area contributed by atoms with Crippen LogP contribution in [0.4, 0.5) is 0 Å². The monoisotopic (exact) mass is 314 g/mol. The molecule has 0 aliphatic heterocycles. The summed E-state index contributed by atoms with van der Waals surface area (Å²) in [6.07, 6.45) is 2.70. The van der Waals surface area contributed by atoms with Crippen molar-refractivity contribution in [3.63, 3.8) is 0 Å². The van der Waals surface area contributed by atoms with Crippen LogP contribution in [0, 0.1) is 0 Å². The first-order chi connectivity index (χ1) is 11.2. The second kappa shape index (κ2) is 6.20. The molecular weight excluding hydrogens is 296 g/mol. The summed E-state index contributed by atoms with van der Waals surface area (Å²) < 4.78 is 10.5. The molecule has 0 saturated heterocycles. The van der Waals surface area contributed by atoms with Crippen LogP contribution in [-0.2, 0) is 6.42 Å². The maximum absolute atomic E-state index is 12.2. The van der Waals surface area contributed by atoms with Crippen LogP contribution >= 0.6 is 0 Å². The third-order valence-corrected chi connectivity index (χ3v) is 3.63. The van der Waals surface area contributed by atoms with Crippen molar-refractivity contribution in [1.29, 1.82) is 0 Å². The Balaban J connectivity index is 2.22. The molecule has 7 heteroatoms. The summed E-state index contributed by atoms with van der Waals surface area (Å²) in [5, 5.41) is 0. The predicted molar refractivity (Wildman–Crippen MR) is 87.2 cm³/mol. The average molecular weight is 314 g/mol. The van der Waals surface area contributed by atoms with Crippen molar-refractivity contribution in [3.8, 4) is 11.5 Å². The van der Waals surface area contributed by atoms with Crippen molar-refractivity contribution in [1.82, 2.24) is 19.9 Å². The number of H-pyrrole nitrogens is 1. The molecule has 0 fully saturated rings. The van der Waals surface area contributed by atoms with Gasteiger partial charge >= 0.3 is 0 Å². The minimum absolute atomic E-state index is 0.227. The van der Waals surface area contributed by atoms with Crippen LogP contribution in [0.2, 0.25) is 0 Å². The lowest BCUT2D eigenvalue weighted by Crippen LogP contribution is -2.14. The smallest absolute Gasteiger partial charge is 0.279 e. The molecule has 0 aliphatic carbocycles. The van der Waals surface area contributed by atoms with Crippen LogP contribution in [0.15, 0.2) is 16.9 Å². The number of methoxy groups -OCH3 is 2. The van der Waals surface area contributed by atoms with E-state index in [4.69, 9.17) is 9.47 Å². The fraction of sp³-hybridized carbons (Fsp3) is 0.375. The normalized spacial score (nSPS) is 11.1. The van der Waals surface area contributed by atoms with Gasteiger partial charge in [0, 0.05) is 18.6 Å². The van der Waals surface area contributed by atoms with Gasteiger partial charge in [0.25, 0.3) is 5.56 Å². The molecule has 3 aromatic rings. The highest BCUT2D eigenvalue weighted by molar-refractivity contribution is 5.86. The van der Waals surface area contributed by atoms with Gasteiger partial charge in [-0.25, -0.2) is 15.0 Å². The molecule has 23 heavy (non-hydrogen) atoms. The van der Waals surface area contributed by atoms with Crippen molar-refractivity contribution < 1.29 is 9.47 Å². The largest absolute Gasteiger partial charge is 0.493 e. The molecule has 120 valence electrons. The van der Waals surface area contributed by atoms with Crippen LogP contribution in [0.3, 0.4) is 0 Å². The molecule has 0 amide bonds. The predicted octanol–water partition coefficient (Wildman–Crippen LogP) is 2.23. The maximum atomic E-state index is 12.2. The molecule has 0 unspecified atom stereocenters. The van der Waals surface area contributed by atoms with E-state index in [9.17, 15) is 4.79 Å². The average Bonchev–Trinajstić information content (AvgIpc) is 2.57. The van der Waals surface area contributed by atoms with Crippen LogP contribution < -0.4 is 15.0 Å². The van der Waals surface area contributed by atoms with Gasteiger partial charge in [-0.3, -0.25) is 4.79 Å². The summed E-state index contributed by atoms with van der Waals surface area (Å²) in [7, 11) is 3.11. The Morgan fingerprint density at radius 3 is 2.30 bits per heavy atom. The molecule has 1 N–H and O–H groups in total. The van der Waals surface area contributed by atoms with E-state index in [0.29, 0.717) is 40.4 Å². The Hall–Kier alpha value is -2.70. The molecule has 1 aromatic carbocycles. The number of nitrogens with one attached hydrogen (secondary N) is 1. The quantitative estimate of drug-likeness (QED) is 0.726. The van der Waals surface area contributed by atoms with Crippen molar-refractivity contribution in [2.45, 2.75) is 26.2 Å². The first-order valence-corrected chi connectivity index (χ1v) is 7.49. The molecule has 0 atom stereocenters. The molecule has 0 bridgehead atoms. The van der Waals surface area contributed by atoms with Crippen molar-refractivity contribution in [2.75, 3.05) is 14.2 Å². The van der Waals surface area contributed by atoms with Gasteiger partial charge in [0.1, 0.15) is 5.82 Å². The molecule has 2 aromatic heterocycles. The van der Waals surface area contributed by atoms with Gasteiger partial charge in [-0.2, -0.15) is 0 Å². The van der Waals surface area contributed by atoms with Crippen LogP contribution in [0.25, 0.3) is 22.2 Å². The number of rotatable bonds is 5. The zero-order valence-electron chi connectivity index (χ0n) is 13.3. The van der Waals surface area contributed by atoms with E-state index in [0.717, 1.165) is 12.8 Å². The zero-order valence-corrected chi connectivity index (χ0v) is 13.3.